The molecule has 0 bridgehead atoms. The molecule has 0 atom stereocenters. The molecule has 1 aromatic heterocycles. The van der Waals surface area contributed by atoms with Crippen LogP contribution in [0.3, 0.4) is 0 Å². The number of benzene rings is 1. The van der Waals surface area contributed by atoms with Gasteiger partial charge in [-0.3, -0.25) is 0 Å². The van der Waals surface area contributed by atoms with Crippen molar-refractivity contribution in [3.63, 3.8) is 0 Å². The number of halogens is 3. The summed E-state index contributed by atoms with van der Waals surface area (Å²) in [4.78, 5) is 17.8. The minimum absolute atomic E-state index is 0.00463. The predicted octanol–water partition coefficient (Wildman–Crippen LogP) is 2.77. The fourth-order valence-electron chi connectivity index (χ4n) is 1.36. The fourth-order valence-corrected chi connectivity index (χ4v) is 1.56. The van der Waals surface area contributed by atoms with Crippen LogP contribution in [-0.4, -0.2) is 21.0 Å². The van der Waals surface area contributed by atoms with E-state index in [1.165, 1.54) is 0 Å². The van der Waals surface area contributed by atoms with Gasteiger partial charge in [-0.1, -0.05) is 11.6 Å². The van der Waals surface area contributed by atoms with Crippen LogP contribution in [0.25, 0.3) is 11.3 Å². The highest BCUT2D eigenvalue weighted by atomic mass is 35.5. The van der Waals surface area contributed by atoms with Crippen molar-refractivity contribution < 1.29 is 18.7 Å². The molecule has 0 fully saturated rings. The number of hydrogen-bond acceptors (Lipinski definition) is 3. The Morgan fingerprint density at radius 1 is 1.22 bits per heavy atom. The van der Waals surface area contributed by atoms with Crippen LogP contribution in [0.5, 0.6) is 0 Å². The smallest absolute Gasteiger partial charge is 0.373 e. The Hall–Kier alpha value is -2.08. The lowest BCUT2D eigenvalue weighted by Crippen LogP contribution is -2.05. The molecule has 2 aromatic rings. The maximum absolute atomic E-state index is 13.1. The Bertz CT molecular complexity index is 614. The normalized spacial score (nSPS) is 10.4. The molecule has 0 saturated heterocycles. The van der Waals surface area contributed by atoms with Crippen molar-refractivity contribution >= 4 is 17.6 Å². The SMILES string of the molecule is O=C(O)c1ncc(Cl)c(-c2cc(F)cc(F)c2)n1. The Kier molecular flexibility index (Phi) is 3.20. The van der Waals surface area contributed by atoms with Crippen molar-refractivity contribution in [3.05, 3.63) is 46.9 Å². The number of carbonyl (C=O) groups is 1. The summed E-state index contributed by atoms with van der Waals surface area (Å²) in [6, 6.07) is 2.70. The number of aromatic carboxylic acids is 1. The molecule has 0 aliphatic rings. The number of carboxylic acids is 1. The van der Waals surface area contributed by atoms with E-state index >= 15 is 0 Å². The second-order valence-corrected chi connectivity index (χ2v) is 3.76. The van der Waals surface area contributed by atoms with Crippen molar-refractivity contribution in [2.75, 3.05) is 0 Å². The Labute approximate surface area is 105 Å². The Morgan fingerprint density at radius 3 is 2.39 bits per heavy atom. The number of nitrogens with zero attached hydrogens (tertiary/aromatic N) is 2. The number of rotatable bonds is 2. The first-order valence-corrected chi connectivity index (χ1v) is 5.07. The quantitative estimate of drug-likeness (QED) is 0.911. The highest BCUT2D eigenvalue weighted by Crippen LogP contribution is 2.26. The molecule has 0 unspecified atom stereocenters. The van der Waals surface area contributed by atoms with Gasteiger partial charge in [-0.05, 0) is 12.1 Å². The van der Waals surface area contributed by atoms with E-state index in [-0.39, 0.29) is 16.3 Å². The molecule has 92 valence electrons. The van der Waals surface area contributed by atoms with Crippen LogP contribution in [0.1, 0.15) is 10.6 Å². The third-order valence-electron chi connectivity index (χ3n) is 2.07. The zero-order chi connectivity index (χ0) is 13.3. The Morgan fingerprint density at radius 2 is 1.83 bits per heavy atom. The van der Waals surface area contributed by atoms with E-state index in [4.69, 9.17) is 16.7 Å². The van der Waals surface area contributed by atoms with Crippen LogP contribution < -0.4 is 0 Å². The summed E-state index contributed by atoms with van der Waals surface area (Å²) in [7, 11) is 0. The molecular formula is C11H5ClF2N2O2. The van der Waals surface area contributed by atoms with Gasteiger partial charge in [0.25, 0.3) is 0 Å². The molecule has 0 aliphatic carbocycles. The van der Waals surface area contributed by atoms with Crippen molar-refractivity contribution in [1.29, 1.82) is 0 Å². The van der Waals surface area contributed by atoms with Gasteiger partial charge >= 0.3 is 5.97 Å². The summed E-state index contributed by atoms with van der Waals surface area (Å²) in [5.74, 6) is -3.48. The zero-order valence-corrected chi connectivity index (χ0v) is 9.45. The lowest BCUT2D eigenvalue weighted by molar-refractivity contribution is 0.0683. The van der Waals surface area contributed by atoms with Gasteiger partial charge in [0.2, 0.25) is 5.82 Å². The standard InChI is InChI=1S/C11H5ClF2N2O2/c12-8-4-15-10(11(17)18)16-9(8)5-1-6(13)3-7(14)2-5/h1-4H,(H,17,18). The molecule has 0 saturated carbocycles. The van der Waals surface area contributed by atoms with E-state index in [2.05, 4.69) is 9.97 Å². The monoisotopic (exact) mass is 270 g/mol. The third-order valence-corrected chi connectivity index (χ3v) is 2.35. The summed E-state index contributed by atoms with van der Waals surface area (Å²) in [5.41, 5.74) is 0.00451. The molecule has 1 aromatic carbocycles. The molecular weight excluding hydrogens is 266 g/mol. The van der Waals surface area contributed by atoms with Gasteiger partial charge in [0.1, 0.15) is 11.6 Å². The summed E-state index contributed by atoms with van der Waals surface area (Å²) >= 11 is 5.78. The van der Waals surface area contributed by atoms with Crippen LogP contribution in [-0.2, 0) is 0 Å². The summed E-state index contributed by atoms with van der Waals surface area (Å²) in [6.45, 7) is 0. The molecule has 7 heteroatoms. The van der Waals surface area contributed by atoms with Crippen LogP contribution in [0.2, 0.25) is 5.02 Å². The first kappa shape index (κ1) is 12.4. The highest BCUT2D eigenvalue weighted by molar-refractivity contribution is 6.32. The molecule has 1 N–H and O–H groups in total. The van der Waals surface area contributed by atoms with Crippen molar-refractivity contribution in [1.82, 2.24) is 9.97 Å². The summed E-state index contributed by atoms with van der Waals surface area (Å²) in [5, 5.41) is 8.74. The number of carboxylic acid groups (broad SMARTS) is 1. The van der Waals surface area contributed by atoms with E-state index in [0.717, 1.165) is 18.3 Å². The van der Waals surface area contributed by atoms with Gasteiger partial charge < -0.3 is 5.11 Å². The van der Waals surface area contributed by atoms with Crippen LogP contribution >= 0.6 is 11.6 Å². The minimum Gasteiger partial charge on any atom is -0.475 e. The van der Waals surface area contributed by atoms with Gasteiger partial charge in [-0.25, -0.2) is 23.5 Å². The van der Waals surface area contributed by atoms with Crippen LogP contribution in [0.4, 0.5) is 8.78 Å². The van der Waals surface area contributed by atoms with Crippen molar-refractivity contribution in [3.8, 4) is 11.3 Å². The van der Waals surface area contributed by atoms with E-state index in [9.17, 15) is 13.6 Å². The maximum Gasteiger partial charge on any atom is 0.373 e. The first-order valence-electron chi connectivity index (χ1n) is 4.69. The van der Waals surface area contributed by atoms with E-state index in [1.54, 1.807) is 0 Å². The van der Waals surface area contributed by atoms with Gasteiger partial charge in [-0.2, -0.15) is 0 Å². The van der Waals surface area contributed by atoms with Crippen LogP contribution in [0.15, 0.2) is 24.4 Å². The summed E-state index contributed by atoms with van der Waals surface area (Å²) < 4.78 is 26.1. The lowest BCUT2D eigenvalue weighted by atomic mass is 10.1. The molecule has 1 heterocycles. The zero-order valence-electron chi connectivity index (χ0n) is 8.69. The van der Waals surface area contributed by atoms with Crippen molar-refractivity contribution in [2.24, 2.45) is 0 Å². The lowest BCUT2D eigenvalue weighted by Gasteiger charge is -2.04. The molecule has 0 spiro atoms. The molecule has 0 radical (unpaired) electrons. The first-order chi connectivity index (χ1) is 8.47. The Balaban J connectivity index is 2.62. The highest BCUT2D eigenvalue weighted by Gasteiger charge is 2.14. The third kappa shape index (κ3) is 2.43. The second kappa shape index (κ2) is 4.66. The average Bonchev–Trinajstić information content (AvgIpc) is 2.27. The maximum atomic E-state index is 13.1. The van der Waals surface area contributed by atoms with E-state index in [0.29, 0.717) is 6.07 Å². The van der Waals surface area contributed by atoms with Crippen LogP contribution in [0, 0.1) is 11.6 Å². The molecule has 2 rings (SSSR count). The van der Waals surface area contributed by atoms with E-state index < -0.39 is 23.4 Å². The summed E-state index contributed by atoms with van der Waals surface area (Å²) in [6.07, 6.45) is 1.07. The van der Waals surface area contributed by atoms with Crippen molar-refractivity contribution in [2.45, 2.75) is 0 Å². The minimum atomic E-state index is -1.36. The predicted molar refractivity (Wildman–Crippen MR) is 59.4 cm³/mol. The van der Waals surface area contributed by atoms with E-state index in [1.807, 2.05) is 0 Å². The largest absolute Gasteiger partial charge is 0.475 e. The van der Waals surface area contributed by atoms with Gasteiger partial charge in [0, 0.05) is 11.6 Å². The molecule has 4 nitrogen and oxygen atoms in total. The number of aromatic nitrogens is 2. The number of hydrogen-bond donors (Lipinski definition) is 1. The topological polar surface area (TPSA) is 63.1 Å². The molecule has 0 amide bonds. The average molecular weight is 271 g/mol. The molecule has 18 heavy (non-hydrogen) atoms. The van der Waals surface area contributed by atoms with Gasteiger partial charge in [-0.15, -0.1) is 0 Å². The van der Waals surface area contributed by atoms with Gasteiger partial charge in [0.05, 0.1) is 16.9 Å². The fraction of sp³-hybridized carbons (Fsp3) is 0. The second-order valence-electron chi connectivity index (χ2n) is 3.35. The molecule has 0 aliphatic heterocycles. The van der Waals surface area contributed by atoms with Gasteiger partial charge in [0.15, 0.2) is 0 Å².